The van der Waals surface area contributed by atoms with Crippen LogP contribution in [0.2, 0.25) is 0 Å². The summed E-state index contributed by atoms with van der Waals surface area (Å²) in [5.74, 6) is 0.917. The number of hydrogen-bond acceptors (Lipinski definition) is 3. The lowest BCUT2D eigenvalue weighted by Gasteiger charge is -2.19. The molecule has 1 atom stereocenters. The molecule has 0 aromatic heterocycles. The Labute approximate surface area is 180 Å². The molecule has 3 rings (SSSR count). The third-order valence-corrected chi connectivity index (χ3v) is 6.39. The monoisotopic (exact) mass is 423 g/mol. The van der Waals surface area contributed by atoms with Crippen LogP contribution in [0.1, 0.15) is 42.9 Å². The minimum atomic E-state index is -3.53. The molecule has 3 aromatic carbocycles. The molecule has 30 heavy (non-hydrogen) atoms. The van der Waals surface area contributed by atoms with Crippen molar-refractivity contribution in [2.45, 2.75) is 44.1 Å². The fourth-order valence-electron chi connectivity index (χ4n) is 3.40. The van der Waals surface area contributed by atoms with Crippen LogP contribution in [0.4, 0.5) is 0 Å². The molecule has 0 radical (unpaired) electrons. The van der Waals surface area contributed by atoms with Gasteiger partial charge in [0.2, 0.25) is 10.0 Å². The lowest BCUT2D eigenvalue weighted by molar-refractivity contribution is 0.242. The standard InChI is InChI=1S/C25H29NO3S/c1-19(2)29-23-13-11-22(12-14-23)25(21-7-5-4-6-8-21)17-18-26-30(27,28)24-15-9-20(3)10-16-24/h4-16,19,25-26H,17-18H2,1-3H3. The van der Waals surface area contributed by atoms with Crippen molar-refractivity contribution in [1.29, 1.82) is 0 Å². The maximum atomic E-state index is 12.6. The Kier molecular flexibility index (Phi) is 7.29. The summed E-state index contributed by atoms with van der Waals surface area (Å²) in [5.41, 5.74) is 3.32. The van der Waals surface area contributed by atoms with Gasteiger partial charge in [-0.1, -0.05) is 60.2 Å². The molecular weight excluding hydrogens is 394 g/mol. The number of hydrogen-bond donors (Lipinski definition) is 1. The van der Waals surface area contributed by atoms with E-state index in [9.17, 15) is 8.42 Å². The van der Waals surface area contributed by atoms with Gasteiger partial charge in [0.15, 0.2) is 0 Å². The van der Waals surface area contributed by atoms with E-state index < -0.39 is 10.0 Å². The second kappa shape index (κ2) is 9.92. The van der Waals surface area contributed by atoms with Crippen LogP contribution in [0.15, 0.2) is 83.8 Å². The van der Waals surface area contributed by atoms with Crippen LogP contribution in [0.3, 0.4) is 0 Å². The number of benzene rings is 3. The molecular formula is C25H29NO3S. The summed E-state index contributed by atoms with van der Waals surface area (Å²) in [6.07, 6.45) is 0.774. The Hall–Kier alpha value is -2.63. The van der Waals surface area contributed by atoms with Gasteiger partial charge >= 0.3 is 0 Å². The van der Waals surface area contributed by atoms with Crippen molar-refractivity contribution >= 4 is 10.0 Å². The highest BCUT2D eigenvalue weighted by molar-refractivity contribution is 7.89. The summed E-state index contributed by atoms with van der Waals surface area (Å²) in [7, 11) is -3.53. The highest BCUT2D eigenvalue weighted by Gasteiger charge is 2.18. The van der Waals surface area contributed by atoms with Crippen LogP contribution in [0, 0.1) is 6.92 Å². The van der Waals surface area contributed by atoms with Crippen molar-refractivity contribution in [3.8, 4) is 5.75 Å². The van der Waals surface area contributed by atoms with Crippen LogP contribution in [-0.4, -0.2) is 21.1 Å². The number of sulfonamides is 1. The molecule has 5 heteroatoms. The first-order chi connectivity index (χ1) is 14.3. The summed E-state index contributed by atoms with van der Waals surface area (Å²) >= 11 is 0. The second-order valence-electron chi connectivity index (χ2n) is 7.70. The zero-order valence-electron chi connectivity index (χ0n) is 17.7. The summed E-state index contributed by atoms with van der Waals surface area (Å²) < 4.78 is 33.7. The second-order valence-corrected chi connectivity index (χ2v) is 9.47. The van der Waals surface area contributed by atoms with Crippen molar-refractivity contribution in [3.05, 3.63) is 95.6 Å². The first-order valence-electron chi connectivity index (χ1n) is 10.2. The van der Waals surface area contributed by atoms with Gasteiger partial charge in [0.25, 0.3) is 0 Å². The lowest BCUT2D eigenvalue weighted by Crippen LogP contribution is -2.26. The number of rotatable bonds is 9. The van der Waals surface area contributed by atoms with Crippen molar-refractivity contribution < 1.29 is 13.2 Å². The predicted octanol–water partition coefficient (Wildman–Crippen LogP) is 5.28. The van der Waals surface area contributed by atoms with Crippen molar-refractivity contribution in [2.24, 2.45) is 0 Å². The highest BCUT2D eigenvalue weighted by Crippen LogP contribution is 2.29. The van der Waals surface area contributed by atoms with Crippen molar-refractivity contribution in [3.63, 3.8) is 0 Å². The van der Waals surface area contributed by atoms with E-state index in [4.69, 9.17) is 4.74 Å². The minimum Gasteiger partial charge on any atom is -0.491 e. The van der Waals surface area contributed by atoms with Crippen LogP contribution in [0.5, 0.6) is 5.75 Å². The van der Waals surface area contributed by atoms with Gasteiger partial charge in [-0.3, -0.25) is 0 Å². The molecule has 0 aliphatic heterocycles. The summed E-state index contributed by atoms with van der Waals surface area (Å²) in [6.45, 7) is 6.29. The highest BCUT2D eigenvalue weighted by atomic mass is 32.2. The zero-order valence-corrected chi connectivity index (χ0v) is 18.5. The van der Waals surface area contributed by atoms with Crippen molar-refractivity contribution in [1.82, 2.24) is 4.72 Å². The molecule has 1 N–H and O–H groups in total. The first-order valence-corrected chi connectivity index (χ1v) is 11.7. The SMILES string of the molecule is Cc1ccc(S(=O)(=O)NCCC(c2ccccc2)c2ccc(OC(C)C)cc2)cc1. The number of ether oxygens (including phenoxy) is 1. The average Bonchev–Trinajstić information content (AvgIpc) is 2.72. The number of nitrogens with one attached hydrogen (secondary N) is 1. The van der Waals surface area contributed by atoms with Gasteiger partial charge < -0.3 is 4.74 Å². The van der Waals surface area contributed by atoms with E-state index in [1.165, 1.54) is 0 Å². The van der Waals surface area contributed by atoms with E-state index >= 15 is 0 Å². The Morgan fingerprint density at radius 1 is 0.833 bits per heavy atom. The third kappa shape index (κ3) is 5.94. The van der Waals surface area contributed by atoms with Crippen LogP contribution >= 0.6 is 0 Å². The first kappa shape index (κ1) is 22.1. The van der Waals surface area contributed by atoms with E-state index in [0.29, 0.717) is 17.9 Å². The summed E-state index contributed by atoms with van der Waals surface area (Å²) in [6, 6.07) is 25.1. The molecule has 0 heterocycles. The Morgan fingerprint density at radius 2 is 1.43 bits per heavy atom. The normalized spacial score (nSPS) is 12.7. The van der Waals surface area contributed by atoms with E-state index in [-0.39, 0.29) is 12.0 Å². The van der Waals surface area contributed by atoms with Crippen LogP contribution < -0.4 is 9.46 Å². The fraction of sp³-hybridized carbons (Fsp3) is 0.280. The van der Waals surface area contributed by atoms with Crippen LogP contribution in [-0.2, 0) is 10.0 Å². The third-order valence-electron chi connectivity index (χ3n) is 4.91. The summed E-state index contributed by atoms with van der Waals surface area (Å²) in [4.78, 5) is 0.291. The molecule has 0 spiro atoms. The van der Waals surface area contributed by atoms with Gasteiger partial charge in [-0.05, 0) is 62.6 Å². The fourth-order valence-corrected chi connectivity index (χ4v) is 4.45. The minimum absolute atomic E-state index is 0.0833. The van der Waals surface area contributed by atoms with E-state index in [2.05, 4.69) is 29.0 Å². The number of aryl methyl sites for hydroxylation is 1. The molecule has 4 nitrogen and oxygen atoms in total. The molecule has 0 saturated carbocycles. The maximum Gasteiger partial charge on any atom is 0.240 e. The Balaban J connectivity index is 1.74. The summed E-state index contributed by atoms with van der Waals surface area (Å²) in [5, 5.41) is 0. The average molecular weight is 424 g/mol. The van der Waals surface area contributed by atoms with Crippen LogP contribution in [0.25, 0.3) is 0 Å². The molecule has 0 bridgehead atoms. The topological polar surface area (TPSA) is 55.4 Å². The largest absolute Gasteiger partial charge is 0.491 e. The molecule has 158 valence electrons. The predicted molar refractivity (Wildman–Crippen MR) is 121 cm³/mol. The van der Waals surface area contributed by atoms with Gasteiger partial charge in [0, 0.05) is 12.5 Å². The van der Waals surface area contributed by atoms with Gasteiger partial charge in [-0.25, -0.2) is 13.1 Å². The zero-order chi connectivity index (χ0) is 21.6. The molecule has 1 unspecified atom stereocenters. The Morgan fingerprint density at radius 3 is 2.03 bits per heavy atom. The Bertz CT molecular complexity index is 1030. The van der Waals surface area contributed by atoms with Gasteiger partial charge in [-0.2, -0.15) is 0 Å². The quantitative estimate of drug-likeness (QED) is 0.509. The maximum absolute atomic E-state index is 12.6. The smallest absolute Gasteiger partial charge is 0.240 e. The lowest BCUT2D eigenvalue weighted by atomic mass is 9.88. The van der Waals surface area contributed by atoms with E-state index in [1.807, 2.05) is 63.2 Å². The molecule has 0 aliphatic rings. The van der Waals surface area contributed by atoms with Gasteiger partial charge in [0.1, 0.15) is 5.75 Å². The molecule has 0 aliphatic carbocycles. The van der Waals surface area contributed by atoms with E-state index in [1.54, 1.807) is 12.1 Å². The molecule has 0 saturated heterocycles. The van der Waals surface area contributed by atoms with E-state index in [0.717, 1.165) is 22.4 Å². The van der Waals surface area contributed by atoms with Gasteiger partial charge in [0.05, 0.1) is 11.0 Å². The van der Waals surface area contributed by atoms with Gasteiger partial charge in [-0.15, -0.1) is 0 Å². The van der Waals surface area contributed by atoms with Crippen molar-refractivity contribution in [2.75, 3.05) is 6.54 Å². The molecule has 0 fully saturated rings. The molecule has 0 amide bonds. The molecule has 3 aromatic rings.